The van der Waals surface area contributed by atoms with E-state index in [1.807, 2.05) is 0 Å². The number of nitrogens with two attached hydrogens (primary N) is 1. The van der Waals surface area contributed by atoms with Crippen LogP contribution in [-0.4, -0.2) is 11.7 Å². The lowest BCUT2D eigenvalue weighted by atomic mass is 10.2. The van der Waals surface area contributed by atoms with Crippen LogP contribution in [0.4, 0.5) is 0 Å². The van der Waals surface area contributed by atoms with Gasteiger partial charge in [0.25, 0.3) is 0 Å². The van der Waals surface area contributed by atoms with Gasteiger partial charge in [0.1, 0.15) is 0 Å². The Morgan fingerprint density at radius 1 is 1.58 bits per heavy atom. The van der Waals surface area contributed by atoms with Crippen LogP contribution in [0.25, 0.3) is 0 Å². The van der Waals surface area contributed by atoms with E-state index in [1.54, 1.807) is 11.3 Å². The largest absolute Gasteiger partial charge is 0.394 e. The smallest absolute Gasteiger partial charge is 0.0632 e. The fraction of sp³-hybridized carbons (Fsp3) is 0.556. The second-order valence-electron chi connectivity index (χ2n) is 3.24. The van der Waals surface area contributed by atoms with Crippen LogP contribution >= 0.6 is 11.3 Å². The van der Waals surface area contributed by atoms with Crippen molar-refractivity contribution in [2.75, 3.05) is 6.61 Å². The lowest BCUT2D eigenvalue weighted by Gasteiger charge is -2.03. The highest BCUT2D eigenvalue weighted by Gasteiger charge is 2.17. The van der Waals surface area contributed by atoms with Crippen molar-refractivity contribution >= 4 is 11.3 Å². The second kappa shape index (κ2) is 3.17. The molecule has 1 aliphatic carbocycles. The Kier molecular flexibility index (Phi) is 2.17. The first-order chi connectivity index (χ1) is 5.81. The molecule has 1 aliphatic rings. The number of fused-ring (bicyclic) bond motifs is 1. The summed E-state index contributed by atoms with van der Waals surface area (Å²) in [6.45, 7) is 0.0550. The fourth-order valence-corrected chi connectivity index (χ4v) is 2.87. The molecule has 3 N–H and O–H groups in total. The summed E-state index contributed by atoms with van der Waals surface area (Å²) < 4.78 is 0. The van der Waals surface area contributed by atoms with E-state index in [2.05, 4.69) is 6.07 Å². The van der Waals surface area contributed by atoms with Gasteiger partial charge in [-0.05, 0) is 30.9 Å². The van der Waals surface area contributed by atoms with Gasteiger partial charge in [0.2, 0.25) is 0 Å². The van der Waals surface area contributed by atoms with Gasteiger partial charge in [-0.1, -0.05) is 0 Å². The van der Waals surface area contributed by atoms with Gasteiger partial charge < -0.3 is 10.8 Å². The van der Waals surface area contributed by atoms with Gasteiger partial charge in [0, 0.05) is 9.75 Å². The highest BCUT2D eigenvalue weighted by atomic mass is 32.1. The zero-order valence-corrected chi connectivity index (χ0v) is 7.73. The second-order valence-corrected chi connectivity index (χ2v) is 4.41. The molecule has 2 rings (SSSR count). The van der Waals surface area contributed by atoms with E-state index >= 15 is 0 Å². The molecule has 0 radical (unpaired) electrons. The molecule has 1 aromatic rings. The Morgan fingerprint density at radius 2 is 2.42 bits per heavy atom. The topological polar surface area (TPSA) is 46.2 Å². The molecule has 12 heavy (non-hydrogen) atoms. The number of hydrogen-bond acceptors (Lipinski definition) is 3. The highest BCUT2D eigenvalue weighted by molar-refractivity contribution is 7.12. The average molecular weight is 183 g/mol. The molecule has 0 saturated heterocycles. The van der Waals surface area contributed by atoms with E-state index in [0.29, 0.717) is 0 Å². The van der Waals surface area contributed by atoms with E-state index in [1.165, 1.54) is 29.7 Å². The number of hydrogen-bond donors (Lipinski definition) is 2. The molecule has 0 aromatic carbocycles. The molecule has 0 amide bonds. The fourth-order valence-electron chi connectivity index (χ4n) is 1.62. The van der Waals surface area contributed by atoms with Crippen molar-refractivity contribution in [1.29, 1.82) is 0 Å². The minimum atomic E-state index is -0.166. The van der Waals surface area contributed by atoms with Crippen molar-refractivity contribution in [2.45, 2.75) is 25.3 Å². The first-order valence-electron chi connectivity index (χ1n) is 4.29. The third-order valence-electron chi connectivity index (χ3n) is 2.33. The van der Waals surface area contributed by atoms with Crippen LogP contribution < -0.4 is 5.73 Å². The van der Waals surface area contributed by atoms with Gasteiger partial charge in [-0.15, -0.1) is 11.3 Å². The van der Waals surface area contributed by atoms with E-state index in [9.17, 15) is 0 Å². The predicted molar refractivity (Wildman–Crippen MR) is 50.4 cm³/mol. The maximum Gasteiger partial charge on any atom is 0.0632 e. The normalized spacial score (nSPS) is 17.8. The van der Waals surface area contributed by atoms with Gasteiger partial charge in [-0.2, -0.15) is 0 Å². The highest BCUT2D eigenvalue weighted by Crippen LogP contribution is 2.32. The first kappa shape index (κ1) is 8.23. The molecule has 1 aromatic heterocycles. The zero-order chi connectivity index (χ0) is 8.55. The molecular weight excluding hydrogens is 170 g/mol. The SMILES string of the molecule is N[C@@H](CO)c1cc2c(s1)CCC2. The van der Waals surface area contributed by atoms with Crippen LogP contribution in [0.1, 0.15) is 27.8 Å². The maximum atomic E-state index is 8.86. The minimum absolute atomic E-state index is 0.0550. The first-order valence-corrected chi connectivity index (χ1v) is 5.11. The Balaban J connectivity index is 2.25. The summed E-state index contributed by atoms with van der Waals surface area (Å²) in [6.07, 6.45) is 3.69. The van der Waals surface area contributed by atoms with Gasteiger partial charge in [-0.3, -0.25) is 0 Å². The molecule has 0 saturated carbocycles. The molecular formula is C9H13NOS. The van der Waals surface area contributed by atoms with E-state index < -0.39 is 0 Å². The monoisotopic (exact) mass is 183 g/mol. The summed E-state index contributed by atoms with van der Waals surface area (Å²) in [5, 5.41) is 8.86. The summed E-state index contributed by atoms with van der Waals surface area (Å²) >= 11 is 1.77. The van der Waals surface area contributed by atoms with Crippen LogP contribution in [-0.2, 0) is 12.8 Å². The summed E-state index contributed by atoms with van der Waals surface area (Å²) in [4.78, 5) is 2.62. The maximum absolute atomic E-state index is 8.86. The molecule has 1 atom stereocenters. The number of aliphatic hydroxyl groups excluding tert-OH is 1. The Hall–Kier alpha value is -0.380. The van der Waals surface area contributed by atoms with Gasteiger partial charge >= 0.3 is 0 Å². The van der Waals surface area contributed by atoms with Crippen LogP contribution in [0.15, 0.2) is 6.07 Å². The number of rotatable bonds is 2. The van der Waals surface area contributed by atoms with Crippen LogP contribution in [0.2, 0.25) is 0 Å². The minimum Gasteiger partial charge on any atom is -0.394 e. The van der Waals surface area contributed by atoms with Crippen molar-refractivity contribution in [1.82, 2.24) is 0 Å². The summed E-state index contributed by atoms with van der Waals surface area (Å²) in [7, 11) is 0. The van der Waals surface area contributed by atoms with Crippen molar-refractivity contribution < 1.29 is 5.11 Å². The molecule has 0 aliphatic heterocycles. The molecule has 0 unspecified atom stereocenters. The van der Waals surface area contributed by atoms with Gasteiger partial charge in [0.05, 0.1) is 12.6 Å². The molecule has 0 bridgehead atoms. The Labute approximate surface area is 76.0 Å². The number of thiophene rings is 1. The lowest BCUT2D eigenvalue weighted by molar-refractivity contribution is 0.269. The quantitative estimate of drug-likeness (QED) is 0.724. The van der Waals surface area contributed by atoms with E-state index in [0.717, 1.165) is 4.88 Å². The molecule has 2 nitrogen and oxygen atoms in total. The van der Waals surface area contributed by atoms with Gasteiger partial charge in [0.15, 0.2) is 0 Å². The van der Waals surface area contributed by atoms with E-state index in [4.69, 9.17) is 10.8 Å². The molecule has 0 fully saturated rings. The van der Waals surface area contributed by atoms with Crippen molar-refractivity contribution in [2.24, 2.45) is 5.73 Å². The van der Waals surface area contributed by atoms with E-state index in [-0.39, 0.29) is 12.6 Å². The third-order valence-corrected chi connectivity index (χ3v) is 3.70. The number of aliphatic hydroxyl groups is 1. The predicted octanol–water partition coefficient (Wildman–Crippen LogP) is 1.23. The molecule has 66 valence electrons. The van der Waals surface area contributed by atoms with Crippen LogP contribution in [0.3, 0.4) is 0 Å². The zero-order valence-electron chi connectivity index (χ0n) is 6.92. The van der Waals surface area contributed by atoms with Crippen LogP contribution in [0, 0.1) is 0 Å². The van der Waals surface area contributed by atoms with Gasteiger partial charge in [-0.25, -0.2) is 0 Å². The molecule has 1 heterocycles. The Bertz CT molecular complexity index is 261. The van der Waals surface area contributed by atoms with Crippen molar-refractivity contribution in [3.8, 4) is 0 Å². The summed E-state index contributed by atoms with van der Waals surface area (Å²) in [5.41, 5.74) is 7.17. The molecule has 0 spiro atoms. The summed E-state index contributed by atoms with van der Waals surface area (Å²) in [5.74, 6) is 0. The van der Waals surface area contributed by atoms with Crippen molar-refractivity contribution in [3.63, 3.8) is 0 Å². The standard InChI is InChI=1S/C9H13NOS/c10-7(5-11)9-4-6-2-1-3-8(6)12-9/h4,7,11H,1-3,5,10H2/t7-/m0/s1. The summed E-state index contributed by atoms with van der Waals surface area (Å²) in [6, 6.07) is 1.99. The Morgan fingerprint density at radius 3 is 3.08 bits per heavy atom. The van der Waals surface area contributed by atoms with Crippen LogP contribution in [0.5, 0.6) is 0 Å². The molecule has 3 heteroatoms. The average Bonchev–Trinajstić information content (AvgIpc) is 2.60. The number of aryl methyl sites for hydroxylation is 2. The lowest BCUT2D eigenvalue weighted by Crippen LogP contribution is -2.12. The van der Waals surface area contributed by atoms with Crippen molar-refractivity contribution in [3.05, 3.63) is 21.4 Å². The third kappa shape index (κ3) is 1.28.